The minimum Gasteiger partial charge on any atom is -0.309 e. The molecule has 0 bridgehead atoms. The fraction of sp³-hybridized carbons (Fsp3) is 0.692. The molecule has 0 aliphatic carbocycles. The Kier molecular flexibility index (Phi) is 4.00. The molecule has 0 amide bonds. The Balaban J connectivity index is 1.85. The summed E-state index contributed by atoms with van der Waals surface area (Å²) in [5, 5.41) is 3.69. The van der Waals surface area contributed by atoms with Crippen LogP contribution in [-0.2, 0) is 6.54 Å². The summed E-state index contributed by atoms with van der Waals surface area (Å²) in [4.78, 5) is 5.32. The second kappa shape index (κ2) is 5.30. The smallest absolute Gasteiger partial charge is 0.0219 e. The first-order valence-electron chi connectivity index (χ1n) is 6.13. The van der Waals surface area contributed by atoms with E-state index in [4.69, 9.17) is 0 Å². The summed E-state index contributed by atoms with van der Waals surface area (Å²) in [6.07, 6.45) is 2.66. The van der Waals surface area contributed by atoms with E-state index in [2.05, 4.69) is 37.2 Å². The maximum absolute atomic E-state index is 3.69. The number of hydrogen-bond acceptors (Lipinski definition) is 3. The van der Waals surface area contributed by atoms with Crippen molar-refractivity contribution < 1.29 is 0 Å². The second-order valence-electron chi connectivity index (χ2n) is 4.92. The molecule has 2 rings (SSSR count). The molecule has 0 aromatic carbocycles. The van der Waals surface area contributed by atoms with Crippen molar-refractivity contribution in [2.45, 2.75) is 39.3 Å². The molecule has 1 saturated heterocycles. The number of likely N-dealkylation sites (N-methyl/N-ethyl adjacent to an activating group) is 1. The van der Waals surface area contributed by atoms with Crippen molar-refractivity contribution in [3.05, 3.63) is 21.4 Å². The van der Waals surface area contributed by atoms with Gasteiger partial charge in [-0.15, -0.1) is 11.3 Å². The number of likely N-dealkylation sites (tertiary alicyclic amines) is 1. The van der Waals surface area contributed by atoms with E-state index in [0.717, 1.165) is 6.54 Å². The van der Waals surface area contributed by atoms with Crippen molar-refractivity contribution in [1.29, 1.82) is 0 Å². The van der Waals surface area contributed by atoms with Crippen LogP contribution in [0, 0.1) is 13.8 Å². The van der Waals surface area contributed by atoms with Gasteiger partial charge < -0.3 is 10.2 Å². The van der Waals surface area contributed by atoms with Gasteiger partial charge in [0.05, 0.1) is 0 Å². The SMILES string of the molecule is Cc1cc(CNC2CCCN(C)C2)c(C)s1. The van der Waals surface area contributed by atoms with Gasteiger partial charge in [-0.3, -0.25) is 0 Å². The zero-order valence-corrected chi connectivity index (χ0v) is 11.4. The van der Waals surface area contributed by atoms with Crippen molar-refractivity contribution >= 4 is 11.3 Å². The van der Waals surface area contributed by atoms with E-state index < -0.39 is 0 Å². The van der Waals surface area contributed by atoms with Crippen molar-refractivity contribution in [3.8, 4) is 0 Å². The van der Waals surface area contributed by atoms with Crippen LogP contribution in [0.3, 0.4) is 0 Å². The zero-order chi connectivity index (χ0) is 11.5. The van der Waals surface area contributed by atoms with Crippen LogP contribution in [-0.4, -0.2) is 31.1 Å². The predicted octanol–water partition coefficient (Wildman–Crippen LogP) is 2.55. The fourth-order valence-electron chi connectivity index (χ4n) is 2.45. The average molecular weight is 238 g/mol. The summed E-state index contributed by atoms with van der Waals surface area (Å²) in [7, 11) is 2.22. The molecule has 90 valence electrons. The topological polar surface area (TPSA) is 15.3 Å². The molecule has 0 radical (unpaired) electrons. The average Bonchev–Trinajstić information content (AvgIpc) is 2.54. The first-order chi connectivity index (χ1) is 7.65. The molecule has 1 aromatic heterocycles. The summed E-state index contributed by atoms with van der Waals surface area (Å²) in [5.74, 6) is 0. The van der Waals surface area contributed by atoms with Crippen LogP contribution >= 0.6 is 11.3 Å². The van der Waals surface area contributed by atoms with E-state index >= 15 is 0 Å². The minimum atomic E-state index is 0.679. The Bertz CT molecular complexity index is 346. The third kappa shape index (κ3) is 3.06. The van der Waals surface area contributed by atoms with Gasteiger partial charge in [0, 0.05) is 28.9 Å². The third-order valence-corrected chi connectivity index (χ3v) is 4.36. The Labute approximate surface area is 103 Å². The fourth-order valence-corrected chi connectivity index (χ4v) is 3.39. The van der Waals surface area contributed by atoms with Gasteiger partial charge >= 0.3 is 0 Å². The van der Waals surface area contributed by atoms with E-state index in [9.17, 15) is 0 Å². The Morgan fingerprint density at radius 2 is 2.31 bits per heavy atom. The summed E-state index contributed by atoms with van der Waals surface area (Å²) in [5.41, 5.74) is 1.48. The molecule has 3 heteroatoms. The molecule has 1 unspecified atom stereocenters. The highest BCUT2D eigenvalue weighted by molar-refractivity contribution is 7.12. The van der Waals surface area contributed by atoms with E-state index in [-0.39, 0.29) is 0 Å². The zero-order valence-electron chi connectivity index (χ0n) is 10.5. The molecule has 1 aliphatic heterocycles. The Morgan fingerprint density at radius 1 is 1.50 bits per heavy atom. The first-order valence-corrected chi connectivity index (χ1v) is 6.94. The Morgan fingerprint density at radius 3 is 2.94 bits per heavy atom. The maximum Gasteiger partial charge on any atom is 0.0219 e. The molecular formula is C13H22N2S. The van der Waals surface area contributed by atoms with Gasteiger partial charge in [0.2, 0.25) is 0 Å². The van der Waals surface area contributed by atoms with E-state index in [0.29, 0.717) is 6.04 Å². The number of rotatable bonds is 3. The largest absolute Gasteiger partial charge is 0.309 e. The van der Waals surface area contributed by atoms with Gasteiger partial charge in [0.1, 0.15) is 0 Å². The molecule has 1 aliphatic rings. The van der Waals surface area contributed by atoms with Crippen molar-refractivity contribution in [1.82, 2.24) is 10.2 Å². The predicted molar refractivity (Wildman–Crippen MR) is 71.2 cm³/mol. The second-order valence-corrected chi connectivity index (χ2v) is 6.38. The molecule has 0 saturated carbocycles. The van der Waals surface area contributed by atoms with Gasteiger partial charge in [-0.2, -0.15) is 0 Å². The van der Waals surface area contributed by atoms with Gasteiger partial charge in [-0.25, -0.2) is 0 Å². The molecular weight excluding hydrogens is 216 g/mol. The van der Waals surface area contributed by atoms with E-state index in [1.165, 1.54) is 41.2 Å². The van der Waals surface area contributed by atoms with Gasteiger partial charge in [-0.05, 0) is 51.9 Å². The molecule has 1 fully saturated rings. The van der Waals surface area contributed by atoms with Crippen LogP contribution < -0.4 is 5.32 Å². The molecule has 0 spiro atoms. The van der Waals surface area contributed by atoms with Crippen molar-refractivity contribution in [2.75, 3.05) is 20.1 Å². The molecule has 16 heavy (non-hydrogen) atoms. The Hall–Kier alpha value is -0.380. The highest BCUT2D eigenvalue weighted by Crippen LogP contribution is 2.20. The van der Waals surface area contributed by atoms with Crippen LogP contribution in [0.2, 0.25) is 0 Å². The lowest BCUT2D eigenvalue weighted by molar-refractivity contribution is 0.226. The molecule has 2 nitrogen and oxygen atoms in total. The minimum absolute atomic E-state index is 0.679. The monoisotopic (exact) mass is 238 g/mol. The lowest BCUT2D eigenvalue weighted by atomic mass is 10.1. The number of hydrogen-bond donors (Lipinski definition) is 1. The van der Waals surface area contributed by atoms with Crippen molar-refractivity contribution in [3.63, 3.8) is 0 Å². The van der Waals surface area contributed by atoms with Gasteiger partial charge in [-0.1, -0.05) is 0 Å². The highest BCUT2D eigenvalue weighted by Gasteiger charge is 2.16. The lowest BCUT2D eigenvalue weighted by Crippen LogP contribution is -2.43. The highest BCUT2D eigenvalue weighted by atomic mass is 32.1. The van der Waals surface area contributed by atoms with Gasteiger partial charge in [0.15, 0.2) is 0 Å². The number of nitrogens with zero attached hydrogens (tertiary/aromatic N) is 1. The normalized spacial score (nSPS) is 22.6. The summed E-state index contributed by atoms with van der Waals surface area (Å²) in [6.45, 7) is 7.91. The first kappa shape index (κ1) is 12.1. The van der Waals surface area contributed by atoms with Gasteiger partial charge in [0.25, 0.3) is 0 Å². The summed E-state index contributed by atoms with van der Waals surface area (Å²) in [6, 6.07) is 3.00. The van der Waals surface area contributed by atoms with Crippen LogP contribution in [0.4, 0.5) is 0 Å². The molecule has 1 aromatic rings. The number of thiophene rings is 1. The van der Waals surface area contributed by atoms with E-state index in [1.807, 2.05) is 11.3 Å². The lowest BCUT2D eigenvalue weighted by Gasteiger charge is -2.30. The standard InChI is InChI=1S/C13H22N2S/c1-10-7-12(11(2)16-10)8-14-13-5-4-6-15(3)9-13/h7,13-14H,4-6,8-9H2,1-3H3. The van der Waals surface area contributed by atoms with E-state index in [1.54, 1.807) is 0 Å². The van der Waals surface area contributed by atoms with Crippen LogP contribution in [0.25, 0.3) is 0 Å². The molecule has 1 atom stereocenters. The number of aryl methyl sites for hydroxylation is 2. The quantitative estimate of drug-likeness (QED) is 0.870. The third-order valence-electron chi connectivity index (χ3n) is 3.35. The molecule has 2 heterocycles. The number of piperidine rings is 1. The summed E-state index contributed by atoms with van der Waals surface area (Å²) >= 11 is 1.91. The molecule has 1 N–H and O–H groups in total. The summed E-state index contributed by atoms with van der Waals surface area (Å²) < 4.78 is 0. The maximum atomic E-state index is 3.69. The van der Waals surface area contributed by atoms with Crippen LogP contribution in [0.15, 0.2) is 6.07 Å². The number of nitrogens with one attached hydrogen (secondary N) is 1. The van der Waals surface area contributed by atoms with Crippen LogP contribution in [0.1, 0.15) is 28.2 Å². The van der Waals surface area contributed by atoms with Crippen molar-refractivity contribution in [2.24, 2.45) is 0 Å². The van der Waals surface area contributed by atoms with Crippen LogP contribution in [0.5, 0.6) is 0 Å².